The largest absolute Gasteiger partial charge is 0.496 e. The van der Waals surface area contributed by atoms with Gasteiger partial charge in [-0.2, -0.15) is 12.6 Å². The first-order valence-electron chi connectivity index (χ1n) is 4.03. The monoisotopic (exact) mass is 182 g/mol. The number of hydrogen-bond acceptors (Lipinski definition) is 2. The highest BCUT2D eigenvalue weighted by atomic mass is 32.1. The molecule has 12 heavy (non-hydrogen) atoms. The minimum absolute atomic E-state index is 0.883. The van der Waals surface area contributed by atoms with Crippen molar-refractivity contribution in [1.82, 2.24) is 0 Å². The SMILES string of the molecule is COc1cccc(CCS)c1C. The van der Waals surface area contributed by atoms with Crippen LogP contribution in [0.15, 0.2) is 18.2 Å². The van der Waals surface area contributed by atoms with Crippen LogP contribution in [0.1, 0.15) is 11.1 Å². The van der Waals surface area contributed by atoms with Gasteiger partial charge in [0.15, 0.2) is 0 Å². The Bertz CT molecular complexity index is 258. The van der Waals surface area contributed by atoms with Crippen LogP contribution in [0, 0.1) is 6.92 Å². The van der Waals surface area contributed by atoms with E-state index in [4.69, 9.17) is 4.74 Å². The van der Waals surface area contributed by atoms with Gasteiger partial charge in [0.05, 0.1) is 7.11 Å². The highest BCUT2D eigenvalue weighted by molar-refractivity contribution is 7.80. The summed E-state index contributed by atoms with van der Waals surface area (Å²) in [4.78, 5) is 0. The molecule has 0 aliphatic rings. The summed E-state index contributed by atoms with van der Waals surface area (Å²) >= 11 is 4.20. The Morgan fingerprint density at radius 3 is 2.75 bits per heavy atom. The van der Waals surface area contributed by atoms with Crippen molar-refractivity contribution in [1.29, 1.82) is 0 Å². The topological polar surface area (TPSA) is 9.23 Å². The van der Waals surface area contributed by atoms with Gasteiger partial charge < -0.3 is 4.74 Å². The molecule has 0 heterocycles. The van der Waals surface area contributed by atoms with Crippen molar-refractivity contribution < 1.29 is 4.74 Å². The zero-order valence-electron chi connectivity index (χ0n) is 7.50. The standard InChI is InChI=1S/C10H14OS/c1-8-9(6-7-12)4-3-5-10(8)11-2/h3-5,12H,6-7H2,1-2H3. The second kappa shape index (κ2) is 4.41. The number of thiol groups is 1. The molecule has 0 saturated carbocycles. The molecule has 0 radical (unpaired) electrons. The van der Waals surface area contributed by atoms with Gasteiger partial charge >= 0.3 is 0 Å². The molecule has 0 bridgehead atoms. The van der Waals surface area contributed by atoms with E-state index in [1.54, 1.807) is 7.11 Å². The summed E-state index contributed by atoms with van der Waals surface area (Å²) in [5.41, 5.74) is 2.55. The Kier molecular flexibility index (Phi) is 3.48. The summed E-state index contributed by atoms with van der Waals surface area (Å²) in [5, 5.41) is 0. The van der Waals surface area contributed by atoms with Gasteiger partial charge in [-0.15, -0.1) is 0 Å². The van der Waals surface area contributed by atoms with Gasteiger partial charge in [-0.25, -0.2) is 0 Å². The molecule has 66 valence electrons. The molecule has 0 aliphatic heterocycles. The highest BCUT2D eigenvalue weighted by Crippen LogP contribution is 2.21. The summed E-state index contributed by atoms with van der Waals surface area (Å²) in [5.74, 6) is 1.85. The van der Waals surface area contributed by atoms with Gasteiger partial charge in [0.1, 0.15) is 5.75 Å². The van der Waals surface area contributed by atoms with Crippen LogP contribution < -0.4 is 4.74 Å². The second-order valence-electron chi connectivity index (χ2n) is 2.72. The molecule has 1 nitrogen and oxygen atoms in total. The zero-order valence-corrected chi connectivity index (χ0v) is 8.40. The maximum Gasteiger partial charge on any atom is 0.122 e. The summed E-state index contributed by atoms with van der Waals surface area (Å²) in [6.07, 6.45) is 1.01. The predicted octanol–water partition coefficient (Wildman–Crippen LogP) is 2.48. The number of methoxy groups -OCH3 is 1. The first kappa shape index (κ1) is 9.46. The third-order valence-corrected chi connectivity index (χ3v) is 2.22. The third kappa shape index (κ3) is 1.95. The lowest BCUT2D eigenvalue weighted by Gasteiger charge is -2.08. The van der Waals surface area contributed by atoms with E-state index in [9.17, 15) is 0 Å². The molecule has 0 atom stereocenters. The minimum atomic E-state index is 0.883. The predicted molar refractivity (Wildman–Crippen MR) is 55.3 cm³/mol. The molecule has 0 spiro atoms. The van der Waals surface area contributed by atoms with E-state index in [0.29, 0.717) is 0 Å². The van der Waals surface area contributed by atoms with Crippen LogP contribution in [0.2, 0.25) is 0 Å². The number of ether oxygens (including phenoxy) is 1. The highest BCUT2D eigenvalue weighted by Gasteiger charge is 2.01. The van der Waals surface area contributed by atoms with Crippen LogP contribution >= 0.6 is 12.6 Å². The molecule has 0 saturated heterocycles. The van der Waals surface area contributed by atoms with Gasteiger partial charge in [0, 0.05) is 0 Å². The lowest BCUT2D eigenvalue weighted by molar-refractivity contribution is 0.411. The lowest BCUT2D eigenvalue weighted by atomic mass is 10.1. The quantitative estimate of drug-likeness (QED) is 0.707. The Morgan fingerprint density at radius 2 is 2.17 bits per heavy atom. The van der Waals surface area contributed by atoms with Crippen molar-refractivity contribution in [3.05, 3.63) is 29.3 Å². The maximum atomic E-state index is 5.21. The van der Waals surface area contributed by atoms with Gasteiger partial charge in [-0.3, -0.25) is 0 Å². The molecule has 0 aromatic heterocycles. The molecule has 0 fully saturated rings. The molecule has 1 aromatic rings. The Balaban J connectivity index is 2.97. The van der Waals surface area contributed by atoms with Crippen molar-refractivity contribution in [3.8, 4) is 5.75 Å². The average Bonchev–Trinajstić information content (AvgIpc) is 2.09. The number of benzene rings is 1. The molecular weight excluding hydrogens is 168 g/mol. The van der Waals surface area contributed by atoms with Crippen molar-refractivity contribution >= 4 is 12.6 Å². The van der Waals surface area contributed by atoms with E-state index in [1.807, 2.05) is 12.1 Å². The summed E-state index contributed by atoms with van der Waals surface area (Å²) in [7, 11) is 1.70. The maximum absolute atomic E-state index is 5.21. The Morgan fingerprint density at radius 1 is 1.42 bits per heavy atom. The molecular formula is C10H14OS. The molecule has 1 rings (SSSR count). The number of aryl methyl sites for hydroxylation is 1. The van der Waals surface area contributed by atoms with Crippen molar-refractivity contribution in [2.24, 2.45) is 0 Å². The van der Waals surface area contributed by atoms with E-state index in [2.05, 4.69) is 25.6 Å². The van der Waals surface area contributed by atoms with Gasteiger partial charge in [-0.05, 0) is 36.3 Å². The number of hydrogen-bond donors (Lipinski definition) is 1. The van der Waals surface area contributed by atoms with E-state index in [1.165, 1.54) is 11.1 Å². The fraction of sp³-hybridized carbons (Fsp3) is 0.400. The molecule has 0 aliphatic carbocycles. The molecule has 0 N–H and O–H groups in total. The summed E-state index contributed by atoms with van der Waals surface area (Å²) in [6.45, 7) is 2.08. The smallest absolute Gasteiger partial charge is 0.122 e. The van der Waals surface area contributed by atoms with Crippen molar-refractivity contribution in [3.63, 3.8) is 0 Å². The molecule has 1 aromatic carbocycles. The van der Waals surface area contributed by atoms with E-state index < -0.39 is 0 Å². The van der Waals surface area contributed by atoms with Crippen LogP contribution in [0.5, 0.6) is 5.75 Å². The van der Waals surface area contributed by atoms with Crippen LogP contribution in [-0.4, -0.2) is 12.9 Å². The van der Waals surface area contributed by atoms with Crippen LogP contribution in [0.25, 0.3) is 0 Å². The number of rotatable bonds is 3. The molecule has 2 heteroatoms. The third-order valence-electron chi connectivity index (χ3n) is 2.00. The minimum Gasteiger partial charge on any atom is -0.496 e. The van der Waals surface area contributed by atoms with Gasteiger partial charge in [-0.1, -0.05) is 12.1 Å². The van der Waals surface area contributed by atoms with Crippen molar-refractivity contribution in [2.75, 3.05) is 12.9 Å². The summed E-state index contributed by atoms with van der Waals surface area (Å²) < 4.78 is 5.21. The van der Waals surface area contributed by atoms with Crippen LogP contribution in [0.4, 0.5) is 0 Å². The molecule has 0 amide bonds. The first-order valence-corrected chi connectivity index (χ1v) is 4.66. The van der Waals surface area contributed by atoms with Crippen LogP contribution in [0.3, 0.4) is 0 Å². The second-order valence-corrected chi connectivity index (χ2v) is 3.17. The first-order chi connectivity index (χ1) is 5.79. The normalized spacial score (nSPS) is 9.92. The summed E-state index contributed by atoms with van der Waals surface area (Å²) in [6, 6.07) is 6.12. The van der Waals surface area contributed by atoms with Gasteiger partial charge in [0.2, 0.25) is 0 Å². The van der Waals surface area contributed by atoms with Crippen LogP contribution in [-0.2, 0) is 6.42 Å². The Labute approximate surface area is 79.2 Å². The van der Waals surface area contributed by atoms with Gasteiger partial charge in [0.25, 0.3) is 0 Å². The van der Waals surface area contributed by atoms with E-state index in [-0.39, 0.29) is 0 Å². The fourth-order valence-corrected chi connectivity index (χ4v) is 1.51. The van der Waals surface area contributed by atoms with E-state index >= 15 is 0 Å². The average molecular weight is 182 g/mol. The van der Waals surface area contributed by atoms with Crippen molar-refractivity contribution in [2.45, 2.75) is 13.3 Å². The lowest BCUT2D eigenvalue weighted by Crippen LogP contribution is -1.94. The molecule has 0 unspecified atom stereocenters. The zero-order chi connectivity index (χ0) is 8.97. The Hall–Kier alpha value is -0.630. The van der Waals surface area contributed by atoms with E-state index in [0.717, 1.165) is 17.9 Å². The fourth-order valence-electron chi connectivity index (χ4n) is 1.27.